The molecule has 1 N–H and O–H groups in total. The van der Waals surface area contributed by atoms with Crippen molar-refractivity contribution in [1.29, 1.82) is 0 Å². The van der Waals surface area contributed by atoms with Crippen molar-refractivity contribution in [3.63, 3.8) is 0 Å². The number of benzene rings is 2. The molecule has 0 bridgehead atoms. The maximum Gasteiger partial charge on any atom is 0.131 e. The van der Waals surface area contributed by atoms with Gasteiger partial charge in [0.05, 0.1) is 6.04 Å². The Morgan fingerprint density at radius 1 is 1.00 bits per heavy atom. The second-order valence-corrected chi connectivity index (χ2v) is 4.69. The van der Waals surface area contributed by atoms with Crippen molar-refractivity contribution >= 4 is 10.8 Å². The maximum atomic E-state index is 13.9. The normalized spacial score (nSPS) is 12.5. The molecule has 0 amide bonds. The molecule has 3 rings (SSSR count). The van der Waals surface area contributed by atoms with E-state index in [0.717, 1.165) is 16.5 Å². The first-order chi connectivity index (χ1) is 9.81. The molecular weight excluding hydrogens is 251 g/mol. The van der Waals surface area contributed by atoms with Crippen LogP contribution in [0.2, 0.25) is 0 Å². The molecule has 0 aliphatic carbocycles. The van der Waals surface area contributed by atoms with Gasteiger partial charge in [-0.3, -0.25) is 4.98 Å². The van der Waals surface area contributed by atoms with Gasteiger partial charge in [0, 0.05) is 17.8 Å². The van der Waals surface area contributed by atoms with E-state index in [1.807, 2.05) is 55.7 Å². The summed E-state index contributed by atoms with van der Waals surface area (Å²) in [7, 11) is 1.90. The molecule has 100 valence electrons. The highest BCUT2D eigenvalue weighted by molar-refractivity contribution is 5.87. The first-order valence-electron chi connectivity index (χ1n) is 6.55. The van der Waals surface area contributed by atoms with Crippen LogP contribution in [-0.4, -0.2) is 12.0 Å². The van der Waals surface area contributed by atoms with E-state index in [1.54, 1.807) is 6.20 Å². The average molecular weight is 266 g/mol. The van der Waals surface area contributed by atoms with Gasteiger partial charge in [0.2, 0.25) is 0 Å². The number of halogens is 1. The lowest BCUT2D eigenvalue weighted by Crippen LogP contribution is -2.18. The highest BCUT2D eigenvalue weighted by Gasteiger charge is 2.16. The summed E-state index contributed by atoms with van der Waals surface area (Å²) in [5, 5.41) is 4.86. The molecule has 1 atom stereocenters. The minimum Gasteiger partial charge on any atom is -0.309 e. The number of hydrogen-bond donors (Lipinski definition) is 1. The van der Waals surface area contributed by atoms with Gasteiger partial charge >= 0.3 is 0 Å². The Kier molecular flexibility index (Phi) is 3.44. The van der Waals surface area contributed by atoms with E-state index >= 15 is 0 Å². The van der Waals surface area contributed by atoms with Crippen molar-refractivity contribution in [3.8, 4) is 0 Å². The lowest BCUT2D eigenvalue weighted by Gasteiger charge is -2.19. The maximum absolute atomic E-state index is 13.9. The van der Waals surface area contributed by atoms with Crippen LogP contribution >= 0.6 is 0 Å². The van der Waals surface area contributed by atoms with Crippen molar-refractivity contribution < 1.29 is 4.39 Å². The summed E-state index contributed by atoms with van der Waals surface area (Å²) in [4.78, 5) is 4.16. The highest BCUT2D eigenvalue weighted by atomic mass is 19.1. The van der Waals surface area contributed by atoms with Crippen molar-refractivity contribution in [2.24, 2.45) is 0 Å². The van der Waals surface area contributed by atoms with E-state index in [1.165, 1.54) is 6.07 Å². The smallest absolute Gasteiger partial charge is 0.131 e. The van der Waals surface area contributed by atoms with E-state index in [2.05, 4.69) is 10.3 Å². The number of nitrogens with zero attached hydrogens (tertiary/aromatic N) is 1. The summed E-state index contributed by atoms with van der Waals surface area (Å²) in [5.41, 5.74) is 2.12. The van der Waals surface area contributed by atoms with Gasteiger partial charge < -0.3 is 5.32 Å². The molecule has 1 unspecified atom stereocenters. The monoisotopic (exact) mass is 266 g/mol. The summed E-state index contributed by atoms with van der Waals surface area (Å²) in [6.45, 7) is 0. The predicted molar refractivity (Wildman–Crippen MR) is 79.0 cm³/mol. The molecule has 0 radical (unpaired) electrons. The second-order valence-electron chi connectivity index (χ2n) is 4.69. The van der Waals surface area contributed by atoms with Crippen LogP contribution in [0, 0.1) is 5.82 Å². The lowest BCUT2D eigenvalue weighted by molar-refractivity contribution is 0.636. The Labute approximate surface area is 117 Å². The van der Waals surface area contributed by atoms with Gasteiger partial charge in [0.15, 0.2) is 0 Å². The van der Waals surface area contributed by atoms with Crippen LogP contribution in [0.3, 0.4) is 0 Å². The molecule has 2 aromatic carbocycles. The van der Waals surface area contributed by atoms with Gasteiger partial charge in [0.1, 0.15) is 5.82 Å². The van der Waals surface area contributed by atoms with Crippen LogP contribution in [0.25, 0.3) is 10.8 Å². The Morgan fingerprint density at radius 2 is 1.80 bits per heavy atom. The molecule has 0 spiro atoms. The predicted octanol–water partition coefficient (Wildman–Crippen LogP) is 3.68. The van der Waals surface area contributed by atoms with E-state index in [4.69, 9.17) is 0 Å². The molecular formula is C17H15FN2. The van der Waals surface area contributed by atoms with Crippen molar-refractivity contribution in [2.75, 3.05) is 7.05 Å². The van der Waals surface area contributed by atoms with Gasteiger partial charge in [-0.1, -0.05) is 36.4 Å². The van der Waals surface area contributed by atoms with Crippen LogP contribution < -0.4 is 5.32 Å². The van der Waals surface area contributed by atoms with Gasteiger partial charge in [0.25, 0.3) is 0 Å². The summed E-state index contributed by atoms with van der Waals surface area (Å²) in [6.07, 6.45) is 3.58. The van der Waals surface area contributed by atoms with Crippen LogP contribution in [-0.2, 0) is 0 Å². The SMILES string of the molecule is CNC(c1cccnc1)c1ccc(F)c2ccccc12. The van der Waals surface area contributed by atoms with Crippen LogP contribution in [0.15, 0.2) is 60.9 Å². The van der Waals surface area contributed by atoms with Crippen molar-refractivity contribution in [1.82, 2.24) is 10.3 Å². The molecule has 0 saturated heterocycles. The minimum absolute atomic E-state index is 0.00537. The fraction of sp³-hybridized carbons (Fsp3) is 0.118. The molecule has 3 aromatic rings. The molecule has 2 nitrogen and oxygen atoms in total. The standard InChI is InChI=1S/C17H15FN2/c1-19-17(12-5-4-10-20-11-12)15-8-9-16(18)14-7-3-2-6-13(14)15/h2-11,17,19H,1H3. The number of pyridine rings is 1. The Balaban J connectivity index is 2.21. The summed E-state index contributed by atoms with van der Waals surface area (Å²) in [6, 6.07) is 14.8. The summed E-state index contributed by atoms with van der Waals surface area (Å²) >= 11 is 0. The topological polar surface area (TPSA) is 24.9 Å². The highest BCUT2D eigenvalue weighted by Crippen LogP contribution is 2.29. The zero-order valence-corrected chi connectivity index (χ0v) is 11.2. The third-order valence-corrected chi connectivity index (χ3v) is 3.52. The molecule has 20 heavy (non-hydrogen) atoms. The van der Waals surface area contributed by atoms with E-state index in [-0.39, 0.29) is 11.9 Å². The number of nitrogens with one attached hydrogen (secondary N) is 1. The number of aromatic nitrogens is 1. The molecule has 1 aromatic heterocycles. The molecule has 3 heteroatoms. The quantitative estimate of drug-likeness (QED) is 0.782. The first kappa shape index (κ1) is 12.8. The zero-order valence-electron chi connectivity index (χ0n) is 11.2. The molecule has 0 fully saturated rings. The zero-order chi connectivity index (χ0) is 13.9. The number of hydrogen-bond acceptors (Lipinski definition) is 2. The minimum atomic E-state index is -0.189. The Bertz CT molecular complexity index is 725. The van der Waals surface area contributed by atoms with Gasteiger partial charge in [-0.15, -0.1) is 0 Å². The molecule has 0 saturated carbocycles. The second kappa shape index (κ2) is 5.39. The Morgan fingerprint density at radius 3 is 2.50 bits per heavy atom. The van der Waals surface area contributed by atoms with E-state index in [9.17, 15) is 4.39 Å². The summed E-state index contributed by atoms with van der Waals surface area (Å²) in [5.74, 6) is -0.189. The molecule has 0 aliphatic rings. The van der Waals surface area contributed by atoms with Crippen LogP contribution in [0.1, 0.15) is 17.2 Å². The fourth-order valence-electron chi connectivity index (χ4n) is 2.59. The summed E-state index contributed by atoms with van der Waals surface area (Å²) < 4.78 is 13.9. The lowest BCUT2D eigenvalue weighted by atomic mass is 9.94. The molecule has 1 heterocycles. The Hall–Kier alpha value is -2.26. The van der Waals surface area contributed by atoms with Crippen LogP contribution in [0.5, 0.6) is 0 Å². The van der Waals surface area contributed by atoms with Gasteiger partial charge in [-0.25, -0.2) is 4.39 Å². The van der Waals surface area contributed by atoms with Crippen LogP contribution in [0.4, 0.5) is 4.39 Å². The molecule has 0 aliphatic heterocycles. The third kappa shape index (κ3) is 2.17. The van der Waals surface area contributed by atoms with Gasteiger partial charge in [-0.2, -0.15) is 0 Å². The number of rotatable bonds is 3. The average Bonchev–Trinajstić information content (AvgIpc) is 2.52. The largest absolute Gasteiger partial charge is 0.309 e. The van der Waals surface area contributed by atoms with E-state index in [0.29, 0.717) is 5.39 Å². The van der Waals surface area contributed by atoms with Crippen molar-refractivity contribution in [3.05, 3.63) is 77.9 Å². The first-order valence-corrected chi connectivity index (χ1v) is 6.55. The van der Waals surface area contributed by atoms with E-state index < -0.39 is 0 Å². The van der Waals surface area contributed by atoms with Crippen molar-refractivity contribution in [2.45, 2.75) is 6.04 Å². The third-order valence-electron chi connectivity index (χ3n) is 3.52. The number of fused-ring (bicyclic) bond motifs is 1. The fourth-order valence-corrected chi connectivity index (χ4v) is 2.59. The van der Waals surface area contributed by atoms with Gasteiger partial charge in [-0.05, 0) is 35.7 Å².